The fourth-order valence-corrected chi connectivity index (χ4v) is 4.09. The van der Waals surface area contributed by atoms with E-state index in [-0.39, 0.29) is 5.82 Å². The Labute approximate surface area is 190 Å². The number of ether oxygens (including phenoxy) is 1. The number of aryl methyl sites for hydroxylation is 1. The highest BCUT2D eigenvalue weighted by Crippen LogP contribution is 2.35. The number of halogens is 2. The largest absolute Gasteiger partial charge is 0.493 e. The number of unbranched alkanes of at least 4 members (excludes halogenated alkanes) is 1. The Morgan fingerprint density at radius 1 is 1.03 bits per heavy atom. The number of para-hydroxylation sites is 1. The Morgan fingerprint density at radius 3 is 2.68 bits per heavy atom. The summed E-state index contributed by atoms with van der Waals surface area (Å²) in [7, 11) is 3.82. The summed E-state index contributed by atoms with van der Waals surface area (Å²) in [5, 5.41) is 8.62. The van der Waals surface area contributed by atoms with Crippen molar-refractivity contribution in [1.82, 2.24) is 15.1 Å². The standard InChI is InChI=1S/C25H25BrFN3O/c1-28-13-5-6-14-31-24-8-4-3-7-19(24)17-9-11-20(22(27)15-17)25-21-16-18(26)10-12-23(21)30(2)29-25/h3-4,7-12,15-16,28H,5-6,13-14H2,1-2H3. The molecule has 4 rings (SSSR count). The molecule has 4 aromatic rings. The molecule has 0 fully saturated rings. The van der Waals surface area contributed by atoms with E-state index in [1.165, 1.54) is 0 Å². The lowest BCUT2D eigenvalue weighted by Crippen LogP contribution is -2.09. The molecule has 31 heavy (non-hydrogen) atoms. The predicted molar refractivity (Wildman–Crippen MR) is 128 cm³/mol. The highest BCUT2D eigenvalue weighted by atomic mass is 79.9. The summed E-state index contributed by atoms with van der Waals surface area (Å²) in [5.41, 5.74) is 3.75. The average molecular weight is 482 g/mol. The van der Waals surface area contributed by atoms with Gasteiger partial charge in [-0.1, -0.05) is 40.2 Å². The van der Waals surface area contributed by atoms with Crippen LogP contribution in [0.3, 0.4) is 0 Å². The minimum Gasteiger partial charge on any atom is -0.493 e. The SMILES string of the molecule is CNCCCCOc1ccccc1-c1ccc(-c2nn(C)c3ccc(Br)cc23)c(F)c1. The van der Waals surface area contributed by atoms with Crippen molar-refractivity contribution in [1.29, 1.82) is 0 Å². The van der Waals surface area contributed by atoms with E-state index >= 15 is 4.39 Å². The molecule has 0 saturated heterocycles. The maximum absolute atomic E-state index is 15.3. The predicted octanol–water partition coefficient (Wildman–Crippen LogP) is 6.19. The highest BCUT2D eigenvalue weighted by Gasteiger charge is 2.16. The zero-order chi connectivity index (χ0) is 21.8. The summed E-state index contributed by atoms with van der Waals surface area (Å²) in [5.74, 6) is 0.465. The van der Waals surface area contributed by atoms with Crippen LogP contribution in [-0.2, 0) is 7.05 Å². The molecule has 0 atom stereocenters. The van der Waals surface area contributed by atoms with E-state index in [0.29, 0.717) is 17.9 Å². The third-order valence-corrected chi connectivity index (χ3v) is 5.81. The third kappa shape index (κ3) is 4.65. The van der Waals surface area contributed by atoms with Crippen LogP contribution in [0.25, 0.3) is 33.3 Å². The van der Waals surface area contributed by atoms with Gasteiger partial charge >= 0.3 is 0 Å². The van der Waals surface area contributed by atoms with Gasteiger partial charge in [-0.05, 0) is 68.4 Å². The van der Waals surface area contributed by atoms with Crippen LogP contribution in [0.1, 0.15) is 12.8 Å². The van der Waals surface area contributed by atoms with Gasteiger partial charge in [0.15, 0.2) is 0 Å². The summed E-state index contributed by atoms with van der Waals surface area (Å²) < 4.78 is 24.0. The van der Waals surface area contributed by atoms with Crippen LogP contribution < -0.4 is 10.1 Å². The smallest absolute Gasteiger partial charge is 0.133 e. The first-order valence-electron chi connectivity index (χ1n) is 10.4. The summed E-state index contributed by atoms with van der Waals surface area (Å²) in [6.07, 6.45) is 2.01. The number of nitrogens with zero attached hydrogens (tertiary/aromatic N) is 2. The third-order valence-electron chi connectivity index (χ3n) is 5.31. The van der Waals surface area contributed by atoms with E-state index in [1.807, 2.05) is 62.6 Å². The molecule has 1 N–H and O–H groups in total. The van der Waals surface area contributed by atoms with Crippen molar-refractivity contribution in [2.24, 2.45) is 7.05 Å². The van der Waals surface area contributed by atoms with Gasteiger partial charge in [0.1, 0.15) is 17.3 Å². The number of fused-ring (bicyclic) bond motifs is 1. The second-order valence-corrected chi connectivity index (χ2v) is 8.40. The molecule has 6 heteroatoms. The number of hydrogen-bond donors (Lipinski definition) is 1. The maximum Gasteiger partial charge on any atom is 0.133 e. The molecule has 1 heterocycles. The number of nitrogens with one attached hydrogen (secondary N) is 1. The van der Waals surface area contributed by atoms with Gasteiger partial charge in [0.05, 0.1) is 12.1 Å². The fraction of sp³-hybridized carbons (Fsp3) is 0.240. The van der Waals surface area contributed by atoms with Gasteiger partial charge in [-0.2, -0.15) is 5.10 Å². The monoisotopic (exact) mass is 481 g/mol. The van der Waals surface area contributed by atoms with Crippen molar-refractivity contribution < 1.29 is 9.13 Å². The number of aromatic nitrogens is 2. The number of benzene rings is 3. The molecule has 3 aromatic carbocycles. The molecular weight excluding hydrogens is 457 g/mol. The lowest BCUT2D eigenvalue weighted by Gasteiger charge is -2.12. The molecule has 0 aliphatic rings. The van der Waals surface area contributed by atoms with Crippen molar-refractivity contribution in [2.75, 3.05) is 20.2 Å². The summed E-state index contributed by atoms with van der Waals surface area (Å²) in [6.45, 7) is 1.60. The molecule has 0 amide bonds. The van der Waals surface area contributed by atoms with Crippen LogP contribution in [-0.4, -0.2) is 30.0 Å². The molecule has 0 aliphatic heterocycles. The van der Waals surface area contributed by atoms with Gasteiger partial charge in [-0.3, -0.25) is 4.68 Å². The topological polar surface area (TPSA) is 39.1 Å². The van der Waals surface area contributed by atoms with Gasteiger partial charge in [-0.25, -0.2) is 4.39 Å². The van der Waals surface area contributed by atoms with Crippen molar-refractivity contribution in [3.8, 4) is 28.1 Å². The Bertz CT molecular complexity index is 1200. The number of hydrogen-bond acceptors (Lipinski definition) is 3. The Balaban J connectivity index is 1.64. The van der Waals surface area contributed by atoms with Crippen LogP contribution in [0.2, 0.25) is 0 Å². The van der Waals surface area contributed by atoms with Gasteiger partial charge in [0.25, 0.3) is 0 Å². The minimum absolute atomic E-state index is 0.304. The fourth-order valence-electron chi connectivity index (χ4n) is 3.73. The zero-order valence-electron chi connectivity index (χ0n) is 17.7. The maximum atomic E-state index is 15.3. The second-order valence-electron chi connectivity index (χ2n) is 7.48. The van der Waals surface area contributed by atoms with Crippen LogP contribution in [0.4, 0.5) is 4.39 Å². The minimum atomic E-state index is -0.304. The molecule has 1 aromatic heterocycles. The quantitative estimate of drug-likeness (QED) is 0.305. The van der Waals surface area contributed by atoms with Gasteiger partial charge < -0.3 is 10.1 Å². The van der Waals surface area contributed by atoms with Crippen molar-refractivity contribution >= 4 is 26.8 Å². The lowest BCUT2D eigenvalue weighted by molar-refractivity contribution is 0.307. The molecule has 0 bridgehead atoms. The Kier molecular flexibility index (Phi) is 6.68. The van der Waals surface area contributed by atoms with E-state index in [4.69, 9.17) is 4.74 Å². The van der Waals surface area contributed by atoms with Crippen LogP contribution in [0.15, 0.2) is 65.1 Å². The van der Waals surface area contributed by atoms with Gasteiger partial charge in [0.2, 0.25) is 0 Å². The normalized spacial score (nSPS) is 11.2. The second kappa shape index (κ2) is 9.62. The lowest BCUT2D eigenvalue weighted by atomic mass is 10.00. The van der Waals surface area contributed by atoms with Crippen molar-refractivity contribution in [2.45, 2.75) is 12.8 Å². The van der Waals surface area contributed by atoms with Crippen molar-refractivity contribution in [3.05, 3.63) is 71.0 Å². The van der Waals surface area contributed by atoms with Crippen LogP contribution in [0, 0.1) is 5.82 Å². The molecule has 0 unspecified atom stereocenters. The molecule has 160 valence electrons. The van der Waals surface area contributed by atoms with Gasteiger partial charge in [0, 0.05) is 28.0 Å². The van der Waals surface area contributed by atoms with Crippen molar-refractivity contribution in [3.63, 3.8) is 0 Å². The summed E-state index contributed by atoms with van der Waals surface area (Å²) in [6, 6.07) is 19.0. The first-order valence-corrected chi connectivity index (χ1v) is 11.2. The first kappa shape index (κ1) is 21.5. The first-order chi connectivity index (χ1) is 15.1. The molecule has 0 aliphatic carbocycles. The highest BCUT2D eigenvalue weighted by molar-refractivity contribution is 9.10. The van der Waals surface area contributed by atoms with Gasteiger partial charge in [-0.15, -0.1) is 0 Å². The molecule has 0 saturated carbocycles. The summed E-state index contributed by atoms with van der Waals surface area (Å²) in [4.78, 5) is 0. The van der Waals surface area contributed by atoms with Crippen LogP contribution in [0.5, 0.6) is 5.75 Å². The van der Waals surface area contributed by atoms with E-state index in [2.05, 4.69) is 26.3 Å². The molecule has 0 radical (unpaired) electrons. The molecule has 4 nitrogen and oxygen atoms in total. The van der Waals surface area contributed by atoms with E-state index < -0.39 is 0 Å². The van der Waals surface area contributed by atoms with Crippen LogP contribution >= 0.6 is 15.9 Å². The Morgan fingerprint density at radius 2 is 1.87 bits per heavy atom. The number of rotatable bonds is 8. The molecule has 0 spiro atoms. The van der Waals surface area contributed by atoms with E-state index in [0.717, 1.165) is 51.6 Å². The summed E-state index contributed by atoms with van der Waals surface area (Å²) >= 11 is 3.50. The average Bonchev–Trinajstić information content (AvgIpc) is 3.09. The zero-order valence-corrected chi connectivity index (χ0v) is 19.2. The Hall–Kier alpha value is -2.70. The van der Waals surface area contributed by atoms with E-state index in [1.54, 1.807) is 16.8 Å². The molecular formula is C25H25BrFN3O. The van der Waals surface area contributed by atoms with E-state index in [9.17, 15) is 0 Å².